The summed E-state index contributed by atoms with van der Waals surface area (Å²) in [6.07, 6.45) is -2.63. The molecular formula is C18H22F3IN4O. The first-order valence-corrected chi connectivity index (χ1v) is 8.21. The summed E-state index contributed by atoms with van der Waals surface area (Å²) < 4.78 is 43.0. The van der Waals surface area contributed by atoms with Crippen LogP contribution in [0.2, 0.25) is 0 Å². The summed E-state index contributed by atoms with van der Waals surface area (Å²) in [6.45, 7) is 3.84. The zero-order chi connectivity index (χ0) is 18.8. The van der Waals surface area contributed by atoms with E-state index in [1.165, 1.54) is 12.1 Å². The molecule has 0 unspecified atom stereocenters. The molecular weight excluding hydrogens is 472 g/mol. The predicted molar refractivity (Wildman–Crippen MR) is 109 cm³/mol. The molecule has 1 heterocycles. The number of guanidine groups is 1. The Morgan fingerprint density at radius 2 is 1.85 bits per heavy atom. The minimum atomic E-state index is -4.34. The molecule has 2 N–H and O–H groups in total. The maximum atomic E-state index is 12.5. The van der Waals surface area contributed by atoms with Gasteiger partial charge in [0, 0.05) is 12.7 Å². The highest BCUT2D eigenvalue weighted by Gasteiger charge is 2.29. The van der Waals surface area contributed by atoms with E-state index in [9.17, 15) is 13.2 Å². The number of alkyl halides is 3. The van der Waals surface area contributed by atoms with Crippen LogP contribution in [-0.2, 0) is 12.7 Å². The number of benzene rings is 1. The lowest BCUT2D eigenvalue weighted by Gasteiger charge is -2.12. The fourth-order valence-electron chi connectivity index (χ4n) is 2.07. The summed E-state index contributed by atoms with van der Waals surface area (Å²) in [5.74, 6) is 1.00. The molecule has 27 heavy (non-hydrogen) atoms. The average molecular weight is 494 g/mol. The van der Waals surface area contributed by atoms with Gasteiger partial charge < -0.3 is 15.4 Å². The van der Waals surface area contributed by atoms with Crippen molar-refractivity contribution in [1.29, 1.82) is 0 Å². The van der Waals surface area contributed by atoms with Crippen molar-refractivity contribution in [2.24, 2.45) is 4.99 Å². The first-order chi connectivity index (χ1) is 12.5. The van der Waals surface area contributed by atoms with Gasteiger partial charge in [-0.05, 0) is 43.3 Å². The normalized spacial score (nSPS) is 11.5. The Morgan fingerprint density at radius 3 is 2.44 bits per heavy atom. The molecule has 0 aliphatic heterocycles. The molecule has 1 aromatic heterocycles. The standard InChI is InChI=1S/C18H21F3N4O.HI/c1-2-22-17(25-13-15-5-3-4-10-23-15)24-11-12-26-16-8-6-14(7-9-16)18(19,20)21;/h3-10H,2,11-13H2,1H3,(H2,22,24,25);1H. The van der Waals surface area contributed by atoms with Crippen LogP contribution >= 0.6 is 24.0 Å². The molecule has 2 aromatic rings. The third kappa shape index (κ3) is 8.46. The summed E-state index contributed by atoms with van der Waals surface area (Å²) in [5, 5.41) is 6.21. The quantitative estimate of drug-likeness (QED) is 0.266. The van der Waals surface area contributed by atoms with Gasteiger partial charge >= 0.3 is 6.18 Å². The molecule has 0 fully saturated rings. The van der Waals surface area contributed by atoms with Gasteiger partial charge in [0.15, 0.2) is 5.96 Å². The van der Waals surface area contributed by atoms with Crippen LogP contribution in [0.3, 0.4) is 0 Å². The highest BCUT2D eigenvalue weighted by atomic mass is 127. The number of halogens is 4. The van der Waals surface area contributed by atoms with Gasteiger partial charge in [0.1, 0.15) is 12.4 Å². The van der Waals surface area contributed by atoms with E-state index in [-0.39, 0.29) is 24.0 Å². The Balaban J connectivity index is 0.00000364. The van der Waals surface area contributed by atoms with E-state index in [4.69, 9.17) is 4.74 Å². The van der Waals surface area contributed by atoms with E-state index in [2.05, 4.69) is 20.6 Å². The molecule has 0 aliphatic rings. The van der Waals surface area contributed by atoms with E-state index < -0.39 is 11.7 Å². The molecule has 0 saturated carbocycles. The summed E-state index contributed by atoms with van der Waals surface area (Å²) in [7, 11) is 0. The maximum Gasteiger partial charge on any atom is 0.416 e. The van der Waals surface area contributed by atoms with E-state index >= 15 is 0 Å². The van der Waals surface area contributed by atoms with Crippen LogP contribution in [0.15, 0.2) is 53.7 Å². The second-order valence-corrected chi connectivity index (χ2v) is 5.31. The van der Waals surface area contributed by atoms with Crippen molar-refractivity contribution in [3.05, 3.63) is 59.9 Å². The Kier molecular flexibility index (Phi) is 9.90. The van der Waals surface area contributed by atoms with Crippen molar-refractivity contribution in [3.63, 3.8) is 0 Å². The van der Waals surface area contributed by atoms with Crippen molar-refractivity contribution in [1.82, 2.24) is 15.6 Å². The first kappa shape index (κ1) is 23.0. The van der Waals surface area contributed by atoms with Gasteiger partial charge in [-0.1, -0.05) is 6.07 Å². The van der Waals surface area contributed by atoms with Crippen LogP contribution in [0.25, 0.3) is 0 Å². The molecule has 2 rings (SSSR count). The zero-order valence-corrected chi connectivity index (χ0v) is 17.1. The number of pyridine rings is 1. The number of aromatic nitrogens is 1. The number of nitrogens with zero attached hydrogens (tertiary/aromatic N) is 2. The Morgan fingerprint density at radius 1 is 1.11 bits per heavy atom. The van der Waals surface area contributed by atoms with Crippen molar-refractivity contribution in [2.45, 2.75) is 19.6 Å². The lowest BCUT2D eigenvalue weighted by Crippen LogP contribution is -2.39. The molecule has 0 saturated heterocycles. The molecule has 0 aliphatic carbocycles. The zero-order valence-electron chi connectivity index (χ0n) is 14.8. The smallest absolute Gasteiger partial charge is 0.416 e. The van der Waals surface area contributed by atoms with E-state index in [1.54, 1.807) is 6.20 Å². The molecule has 0 spiro atoms. The first-order valence-electron chi connectivity index (χ1n) is 8.21. The van der Waals surface area contributed by atoms with Gasteiger partial charge in [0.2, 0.25) is 0 Å². The van der Waals surface area contributed by atoms with Crippen LogP contribution in [0.4, 0.5) is 13.2 Å². The van der Waals surface area contributed by atoms with Crippen LogP contribution in [-0.4, -0.2) is 30.6 Å². The van der Waals surface area contributed by atoms with E-state index in [1.807, 2.05) is 25.1 Å². The molecule has 0 radical (unpaired) electrons. The molecule has 1 aromatic carbocycles. The Bertz CT molecular complexity index is 694. The average Bonchev–Trinajstić information content (AvgIpc) is 2.63. The minimum absolute atomic E-state index is 0. The predicted octanol–water partition coefficient (Wildman–Crippen LogP) is 3.85. The second-order valence-electron chi connectivity index (χ2n) is 5.31. The second kappa shape index (κ2) is 11.6. The van der Waals surface area contributed by atoms with Gasteiger partial charge in [-0.25, -0.2) is 4.99 Å². The number of hydrogen-bond acceptors (Lipinski definition) is 3. The number of rotatable bonds is 7. The van der Waals surface area contributed by atoms with Crippen molar-refractivity contribution in [2.75, 3.05) is 19.7 Å². The Hall–Kier alpha value is -2.04. The van der Waals surface area contributed by atoms with Crippen LogP contribution in [0.5, 0.6) is 5.75 Å². The van der Waals surface area contributed by atoms with Crippen LogP contribution in [0, 0.1) is 0 Å². The molecule has 0 amide bonds. The number of ether oxygens (including phenoxy) is 1. The van der Waals surface area contributed by atoms with Crippen molar-refractivity contribution >= 4 is 29.9 Å². The number of hydrogen-bond donors (Lipinski definition) is 2. The van der Waals surface area contributed by atoms with Crippen molar-refractivity contribution < 1.29 is 17.9 Å². The highest BCUT2D eigenvalue weighted by molar-refractivity contribution is 14.0. The number of aliphatic imine (C=N–C) groups is 1. The molecule has 0 atom stereocenters. The summed E-state index contributed by atoms with van der Waals surface area (Å²) in [6, 6.07) is 10.3. The fourth-order valence-corrected chi connectivity index (χ4v) is 2.07. The van der Waals surface area contributed by atoms with Gasteiger partial charge in [0.05, 0.1) is 24.3 Å². The van der Waals surface area contributed by atoms with Gasteiger partial charge in [-0.3, -0.25) is 4.98 Å². The van der Waals surface area contributed by atoms with Gasteiger partial charge in [-0.15, -0.1) is 24.0 Å². The van der Waals surface area contributed by atoms with Crippen LogP contribution < -0.4 is 15.4 Å². The summed E-state index contributed by atoms with van der Waals surface area (Å²) in [4.78, 5) is 8.62. The highest BCUT2D eigenvalue weighted by Crippen LogP contribution is 2.30. The molecule has 0 bridgehead atoms. The summed E-state index contributed by atoms with van der Waals surface area (Å²) in [5.41, 5.74) is 0.157. The monoisotopic (exact) mass is 494 g/mol. The Labute approximate surface area is 173 Å². The maximum absolute atomic E-state index is 12.5. The van der Waals surface area contributed by atoms with Crippen LogP contribution in [0.1, 0.15) is 18.2 Å². The third-order valence-electron chi connectivity index (χ3n) is 3.31. The molecule has 5 nitrogen and oxygen atoms in total. The fraction of sp³-hybridized carbons (Fsp3) is 0.333. The van der Waals surface area contributed by atoms with Gasteiger partial charge in [0.25, 0.3) is 0 Å². The SMILES string of the molecule is CCNC(=NCc1ccccn1)NCCOc1ccc(C(F)(F)F)cc1.I. The van der Waals surface area contributed by atoms with E-state index in [0.717, 1.165) is 17.8 Å². The van der Waals surface area contributed by atoms with Crippen molar-refractivity contribution in [3.8, 4) is 5.75 Å². The van der Waals surface area contributed by atoms with E-state index in [0.29, 0.717) is 38.0 Å². The topological polar surface area (TPSA) is 58.5 Å². The summed E-state index contributed by atoms with van der Waals surface area (Å²) >= 11 is 0. The lowest BCUT2D eigenvalue weighted by molar-refractivity contribution is -0.137. The minimum Gasteiger partial charge on any atom is -0.492 e. The molecule has 148 valence electrons. The number of nitrogens with one attached hydrogen (secondary N) is 2. The molecule has 9 heteroatoms. The largest absolute Gasteiger partial charge is 0.492 e. The van der Waals surface area contributed by atoms with Gasteiger partial charge in [-0.2, -0.15) is 13.2 Å². The third-order valence-corrected chi connectivity index (χ3v) is 3.31. The lowest BCUT2D eigenvalue weighted by atomic mass is 10.2.